The van der Waals surface area contributed by atoms with Crippen molar-refractivity contribution in [2.75, 3.05) is 30.0 Å². The second-order valence-corrected chi connectivity index (χ2v) is 8.58. The Balaban J connectivity index is 1.27. The van der Waals surface area contributed by atoms with Gasteiger partial charge in [-0.2, -0.15) is 0 Å². The molecule has 0 saturated carbocycles. The van der Waals surface area contributed by atoms with Gasteiger partial charge in [0.15, 0.2) is 11.5 Å². The highest BCUT2D eigenvalue weighted by atomic mass is 35.5. The molecule has 0 radical (unpaired) electrons. The van der Waals surface area contributed by atoms with Crippen molar-refractivity contribution in [2.24, 2.45) is 11.8 Å². The predicted molar refractivity (Wildman–Crippen MR) is 114 cm³/mol. The maximum atomic E-state index is 13.4. The molecule has 8 heteroatoms. The quantitative estimate of drug-likeness (QED) is 0.745. The van der Waals surface area contributed by atoms with Crippen molar-refractivity contribution >= 4 is 34.8 Å². The molecule has 2 aromatic rings. The van der Waals surface area contributed by atoms with Crippen molar-refractivity contribution < 1.29 is 23.8 Å². The molecular weight excluding hydrogens is 420 g/mol. The molecule has 6 rings (SSSR count). The lowest BCUT2D eigenvalue weighted by Crippen LogP contribution is -2.41. The van der Waals surface area contributed by atoms with Crippen LogP contribution >= 0.6 is 11.6 Å². The highest BCUT2D eigenvalue weighted by Gasteiger charge is 2.67. The molecule has 2 amide bonds. The number of halogens is 1. The van der Waals surface area contributed by atoms with Gasteiger partial charge >= 0.3 is 0 Å². The molecule has 4 heterocycles. The van der Waals surface area contributed by atoms with Gasteiger partial charge in [-0.1, -0.05) is 23.8 Å². The molecule has 4 unspecified atom stereocenters. The lowest BCUT2D eigenvalue weighted by atomic mass is 9.77. The molecule has 1 N–H and O–H groups in total. The molecule has 2 saturated heterocycles. The average molecular weight is 439 g/mol. The highest BCUT2D eigenvalue weighted by molar-refractivity contribution is 6.30. The monoisotopic (exact) mass is 438 g/mol. The maximum absolute atomic E-state index is 13.4. The molecule has 4 atom stereocenters. The van der Waals surface area contributed by atoms with Crippen LogP contribution in [0.4, 0.5) is 11.4 Å². The van der Waals surface area contributed by atoms with E-state index in [4.69, 9.17) is 25.8 Å². The van der Waals surface area contributed by atoms with Gasteiger partial charge in [-0.05, 0) is 36.4 Å². The van der Waals surface area contributed by atoms with E-state index in [0.717, 1.165) is 5.69 Å². The van der Waals surface area contributed by atoms with Gasteiger partial charge in [0.25, 0.3) is 0 Å². The number of carbonyl (C=O) groups is 2. The van der Waals surface area contributed by atoms with E-state index in [9.17, 15) is 9.59 Å². The van der Waals surface area contributed by atoms with Crippen LogP contribution in [0.5, 0.6) is 11.5 Å². The number of nitrogens with one attached hydrogen (secondary N) is 1. The summed E-state index contributed by atoms with van der Waals surface area (Å²) < 4.78 is 17.3. The van der Waals surface area contributed by atoms with Crippen LogP contribution in [-0.4, -0.2) is 43.3 Å². The Labute approximate surface area is 183 Å². The fourth-order valence-corrected chi connectivity index (χ4v) is 5.11. The first-order valence-electron chi connectivity index (χ1n) is 10.2. The average Bonchev–Trinajstić information content (AvgIpc) is 3.42. The van der Waals surface area contributed by atoms with E-state index in [2.05, 4.69) is 5.32 Å². The summed E-state index contributed by atoms with van der Waals surface area (Å²) in [5.74, 6) is -0.298. The molecule has 2 bridgehead atoms. The lowest BCUT2D eigenvalue weighted by Gasteiger charge is -2.24. The minimum absolute atomic E-state index is 0.114. The third kappa shape index (κ3) is 2.84. The van der Waals surface area contributed by atoms with Crippen molar-refractivity contribution in [1.82, 2.24) is 0 Å². The second-order valence-electron chi connectivity index (χ2n) is 8.15. The van der Waals surface area contributed by atoms with Crippen molar-refractivity contribution in [3.63, 3.8) is 0 Å². The number of ether oxygens (including phenoxy) is 3. The van der Waals surface area contributed by atoms with E-state index in [0.29, 0.717) is 42.0 Å². The zero-order chi connectivity index (χ0) is 21.2. The Morgan fingerprint density at radius 1 is 1.10 bits per heavy atom. The molecule has 4 aliphatic rings. The first-order valence-corrected chi connectivity index (χ1v) is 10.6. The molecular formula is C23H19ClN2O5. The third-order valence-corrected chi connectivity index (χ3v) is 6.60. The number of amides is 2. The summed E-state index contributed by atoms with van der Waals surface area (Å²) in [7, 11) is 0. The number of fused-ring (bicyclic) bond motifs is 2. The summed E-state index contributed by atoms with van der Waals surface area (Å²) in [5, 5.41) is 3.53. The fourth-order valence-electron chi connectivity index (χ4n) is 4.98. The lowest BCUT2D eigenvalue weighted by molar-refractivity contribution is -0.128. The van der Waals surface area contributed by atoms with Crippen LogP contribution in [0.2, 0.25) is 5.02 Å². The molecule has 2 aromatic carbocycles. The van der Waals surface area contributed by atoms with Gasteiger partial charge in [-0.25, -0.2) is 0 Å². The van der Waals surface area contributed by atoms with E-state index in [1.54, 1.807) is 47.4 Å². The van der Waals surface area contributed by atoms with Gasteiger partial charge in [0.2, 0.25) is 11.8 Å². The van der Waals surface area contributed by atoms with Crippen LogP contribution in [0.3, 0.4) is 0 Å². The summed E-state index contributed by atoms with van der Waals surface area (Å²) in [6, 6.07) is 12.4. The Morgan fingerprint density at radius 3 is 2.68 bits per heavy atom. The van der Waals surface area contributed by atoms with Crippen LogP contribution in [0.25, 0.3) is 0 Å². The number of rotatable bonds is 3. The fraction of sp³-hybridized carbons (Fsp3) is 0.304. The van der Waals surface area contributed by atoms with E-state index in [-0.39, 0.29) is 11.8 Å². The number of hydrogen-bond donors (Lipinski definition) is 1. The molecule has 1 spiro atoms. The van der Waals surface area contributed by atoms with Crippen molar-refractivity contribution in [1.29, 1.82) is 0 Å². The van der Waals surface area contributed by atoms with Gasteiger partial charge < -0.3 is 24.4 Å². The number of nitrogens with zero attached hydrogens (tertiary/aromatic N) is 1. The SMILES string of the molecule is O=C(Nc1ccc2c(c1)OCCO2)C1C2C=CC3(CN(c4ccc(Cl)cc4)C(=O)C13)O2. The standard InChI is InChI=1S/C23H19ClN2O5/c24-13-1-4-15(5-2-13)26-12-23-8-7-17(31-23)19(20(23)22(26)28)21(27)25-14-3-6-16-18(11-14)30-10-9-29-16/h1-8,11,17,19-20H,9-10,12H2,(H,25,27). The molecule has 0 aliphatic carbocycles. The molecule has 7 nitrogen and oxygen atoms in total. The first kappa shape index (κ1) is 18.7. The van der Waals surface area contributed by atoms with Crippen molar-refractivity contribution in [3.8, 4) is 11.5 Å². The number of hydrogen-bond acceptors (Lipinski definition) is 5. The largest absolute Gasteiger partial charge is 0.486 e. The van der Waals surface area contributed by atoms with Gasteiger partial charge in [0.05, 0.1) is 24.5 Å². The van der Waals surface area contributed by atoms with E-state index in [1.807, 2.05) is 12.2 Å². The number of benzene rings is 2. The number of carbonyl (C=O) groups excluding carboxylic acids is 2. The molecule has 158 valence electrons. The Morgan fingerprint density at radius 2 is 1.87 bits per heavy atom. The normalized spacial score (nSPS) is 29.9. The topological polar surface area (TPSA) is 77.1 Å². The summed E-state index contributed by atoms with van der Waals surface area (Å²) in [6.45, 7) is 1.34. The van der Waals surface area contributed by atoms with Gasteiger partial charge in [0, 0.05) is 22.5 Å². The summed E-state index contributed by atoms with van der Waals surface area (Å²) >= 11 is 5.99. The Kier molecular flexibility index (Phi) is 4.07. The Bertz CT molecular complexity index is 1120. The van der Waals surface area contributed by atoms with Gasteiger partial charge in [0.1, 0.15) is 18.8 Å². The van der Waals surface area contributed by atoms with Gasteiger partial charge in [-0.3, -0.25) is 9.59 Å². The van der Waals surface area contributed by atoms with Crippen LogP contribution in [0, 0.1) is 11.8 Å². The van der Waals surface area contributed by atoms with Crippen molar-refractivity contribution in [2.45, 2.75) is 11.7 Å². The van der Waals surface area contributed by atoms with E-state index in [1.165, 1.54) is 0 Å². The molecule has 0 aromatic heterocycles. The maximum Gasteiger partial charge on any atom is 0.234 e. The first-order chi connectivity index (χ1) is 15.0. The summed E-state index contributed by atoms with van der Waals surface area (Å²) in [4.78, 5) is 28.3. The smallest absolute Gasteiger partial charge is 0.234 e. The molecule has 4 aliphatic heterocycles. The highest BCUT2D eigenvalue weighted by Crippen LogP contribution is 2.53. The van der Waals surface area contributed by atoms with Crippen LogP contribution in [-0.2, 0) is 14.3 Å². The zero-order valence-corrected chi connectivity index (χ0v) is 17.2. The molecule has 2 fully saturated rings. The van der Waals surface area contributed by atoms with E-state index < -0.39 is 23.5 Å². The third-order valence-electron chi connectivity index (χ3n) is 6.35. The van der Waals surface area contributed by atoms with Crippen LogP contribution in [0.15, 0.2) is 54.6 Å². The predicted octanol–water partition coefficient (Wildman–Crippen LogP) is 3.04. The van der Waals surface area contributed by atoms with Gasteiger partial charge in [-0.15, -0.1) is 0 Å². The second kappa shape index (κ2) is 6.73. The van der Waals surface area contributed by atoms with E-state index >= 15 is 0 Å². The zero-order valence-electron chi connectivity index (χ0n) is 16.4. The summed E-state index contributed by atoms with van der Waals surface area (Å²) in [5.41, 5.74) is 0.551. The minimum atomic E-state index is -0.782. The summed E-state index contributed by atoms with van der Waals surface area (Å²) in [6.07, 6.45) is 3.41. The Hall–Kier alpha value is -3.03. The minimum Gasteiger partial charge on any atom is -0.486 e. The molecule has 31 heavy (non-hydrogen) atoms. The van der Waals surface area contributed by atoms with Crippen molar-refractivity contribution in [3.05, 3.63) is 59.6 Å². The van der Waals surface area contributed by atoms with Crippen LogP contribution in [0.1, 0.15) is 0 Å². The van der Waals surface area contributed by atoms with Crippen LogP contribution < -0.4 is 19.7 Å². The number of anilines is 2.